The van der Waals surface area contributed by atoms with Crippen molar-refractivity contribution < 1.29 is 4.79 Å². The maximum atomic E-state index is 12.1. The summed E-state index contributed by atoms with van der Waals surface area (Å²) in [5.74, 6) is 0.300. The van der Waals surface area contributed by atoms with Gasteiger partial charge in [-0.25, -0.2) is 0 Å². The van der Waals surface area contributed by atoms with Crippen molar-refractivity contribution in [1.82, 2.24) is 0 Å². The van der Waals surface area contributed by atoms with E-state index in [1.807, 2.05) is 24.3 Å². The topological polar surface area (TPSA) is 53.0 Å². The first-order chi connectivity index (χ1) is 10.6. The normalized spacial score (nSPS) is 11.7. The molecule has 0 aliphatic rings. The van der Waals surface area contributed by atoms with Crippen LogP contribution in [-0.2, 0) is 6.42 Å². The van der Waals surface area contributed by atoms with Crippen LogP contribution in [-0.4, -0.2) is 12.1 Å². The van der Waals surface area contributed by atoms with Gasteiger partial charge in [0.1, 0.15) is 0 Å². The average Bonchev–Trinajstić information content (AvgIpc) is 2.50. The molecule has 0 bridgehead atoms. The minimum absolute atomic E-state index is 0.151. The van der Waals surface area contributed by atoms with E-state index in [1.54, 1.807) is 24.3 Å². The lowest BCUT2D eigenvalue weighted by molar-refractivity contribution is 0.102. The molecule has 114 valence electrons. The summed E-state index contributed by atoms with van der Waals surface area (Å²) in [4.78, 5) is 12.1. The van der Waals surface area contributed by atoms with Gasteiger partial charge in [-0.3, -0.25) is 4.79 Å². The molecule has 0 aliphatic heterocycles. The summed E-state index contributed by atoms with van der Waals surface area (Å²) in [6.45, 7) is 2.13. The van der Waals surface area contributed by atoms with E-state index in [0.29, 0.717) is 16.5 Å². The average molecular weight is 315 g/mol. The van der Waals surface area contributed by atoms with E-state index in [9.17, 15) is 4.79 Å². The Balaban J connectivity index is 1.97. The summed E-state index contributed by atoms with van der Waals surface area (Å²) in [5.41, 5.74) is 2.55. The lowest BCUT2D eigenvalue weighted by Gasteiger charge is -2.10. The quantitative estimate of drug-likeness (QED) is 0.738. The van der Waals surface area contributed by atoms with Crippen molar-refractivity contribution in [3.63, 3.8) is 0 Å². The Morgan fingerprint density at radius 3 is 2.41 bits per heavy atom. The van der Waals surface area contributed by atoms with E-state index in [0.717, 1.165) is 18.5 Å². The molecule has 2 rings (SSSR count). The highest BCUT2D eigenvalue weighted by Crippen LogP contribution is 2.16. The largest absolute Gasteiger partial charge is 0.322 e. The van der Waals surface area contributed by atoms with Crippen LogP contribution in [0.1, 0.15) is 29.3 Å². The molecule has 0 saturated heterocycles. The maximum absolute atomic E-state index is 12.1. The van der Waals surface area contributed by atoms with Gasteiger partial charge in [-0.15, -0.1) is 0 Å². The fourth-order valence-electron chi connectivity index (χ4n) is 2.22. The molecule has 0 aliphatic carbocycles. The van der Waals surface area contributed by atoms with Gasteiger partial charge in [0.15, 0.2) is 0 Å². The number of hydrogen-bond donors (Lipinski definition) is 2. The van der Waals surface area contributed by atoms with E-state index in [1.165, 1.54) is 11.8 Å². The minimum atomic E-state index is -0.151. The number of anilines is 1. The zero-order valence-electron chi connectivity index (χ0n) is 12.5. The lowest BCUT2D eigenvalue weighted by Crippen LogP contribution is -2.11. The number of nitrogens with one attached hydrogen (secondary N) is 2. The maximum Gasteiger partial charge on any atom is 0.255 e. The second-order valence-electron chi connectivity index (χ2n) is 5.41. The second kappa shape index (κ2) is 7.76. The third-order valence-electron chi connectivity index (χ3n) is 3.42. The van der Waals surface area contributed by atoms with Crippen LogP contribution in [0.3, 0.4) is 0 Å². The first-order valence-electron chi connectivity index (χ1n) is 7.23. The van der Waals surface area contributed by atoms with Crippen LogP contribution in [0.2, 0.25) is 5.02 Å². The van der Waals surface area contributed by atoms with Crippen molar-refractivity contribution in [3.05, 3.63) is 64.7 Å². The number of carbonyl (C=O) groups is 1. The van der Waals surface area contributed by atoms with Gasteiger partial charge in [0.05, 0.1) is 0 Å². The Bertz CT molecular complexity index is 635. The molecule has 1 unspecified atom stereocenters. The predicted octanol–water partition coefficient (Wildman–Crippen LogP) is 4.81. The summed E-state index contributed by atoms with van der Waals surface area (Å²) in [7, 11) is 0. The highest BCUT2D eigenvalue weighted by atomic mass is 35.5. The van der Waals surface area contributed by atoms with Crippen molar-refractivity contribution in [3.8, 4) is 0 Å². The van der Waals surface area contributed by atoms with E-state index < -0.39 is 0 Å². The first-order valence-corrected chi connectivity index (χ1v) is 7.61. The number of carbonyl (C=O) groups excluding carboxylic acids is 1. The lowest BCUT2D eigenvalue weighted by atomic mass is 9.98. The molecule has 0 radical (unpaired) electrons. The van der Waals surface area contributed by atoms with Crippen LogP contribution >= 0.6 is 11.6 Å². The van der Waals surface area contributed by atoms with Crippen molar-refractivity contribution in [1.29, 1.82) is 5.41 Å². The van der Waals surface area contributed by atoms with Gasteiger partial charge in [-0.2, -0.15) is 0 Å². The minimum Gasteiger partial charge on any atom is -0.322 e. The van der Waals surface area contributed by atoms with Crippen molar-refractivity contribution in [2.75, 3.05) is 5.32 Å². The summed E-state index contributed by atoms with van der Waals surface area (Å²) in [5, 5.41) is 10.6. The number of halogens is 1. The van der Waals surface area contributed by atoms with Crippen molar-refractivity contribution in [2.24, 2.45) is 5.92 Å². The summed E-state index contributed by atoms with van der Waals surface area (Å²) < 4.78 is 0. The van der Waals surface area contributed by atoms with E-state index >= 15 is 0 Å². The molecule has 0 saturated carbocycles. The molecule has 0 fully saturated rings. The van der Waals surface area contributed by atoms with Gasteiger partial charge in [-0.1, -0.05) is 30.7 Å². The Morgan fingerprint density at radius 1 is 1.18 bits per heavy atom. The van der Waals surface area contributed by atoms with Crippen molar-refractivity contribution in [2.45, 2.75) is 19.8 Å². The number of hydrogen-bond acceptors (Lipinski definition) is 2. The molecule has 2 aromatic carbocycles. The third-order valence-corrected chi connectivity index (χ3v) is 3.67. The Morgan fingerprint density at radius 2 is 1.82 bits per heavy atom. The van der Waals surface area contributed by atoms with Crippen LogP contribution in [0, 0.1) is 11.3 Å². The monoisotopic (exact) mass is 314 g/mol. The van der Waals surface area contributed by atoms with Crippen LogP contribution in [0.4, 0.5) is 5.69 Å². The summed E-state index contributed by atoms with van der Waals surface area (Å²) in [6, 6.07) is 14.6. The van der Waals surface area contributed by atoms with Crippen LogP contribution in [0.15, 0.2) is 48.5 Å². The van der Waals surface area contributed by atoms with Gasteiger partial charge in [-0.05, 0) is 66.9 Å². The van der Waals surface area contributed by atoms with Gasteiger partial charge in [0.25, 0.3) is 5.91 Å². The van der Waals surface area contributed by atoms with E-state index in [2.05, 4.69) is 12.2 Å². The van der Waals surface area contributed by atoms with Crippen LogP contribution in [0.5, 0.6) is 0 Å². The zero-order valence-corrected chi connectivity index (χ0v) is 13.2. The molecule has 1 amide bonds. The van der Waals surface area contributed by atoms with E-state index in [4.69, 9.17) is 17.0 Å². The fourth-order valence-corrected chi connectivity index (χ4v) is 2.34. The highest BCUT2D eigenvalue weighted by molar-refractivity contribution is 6.30. The van der Waals surface area contributed by atoms with Gasteiger partial charge in [0, 0.05) is 16.3 Å². The molecule has 0 spiro atoms. The molecule has 2 N–H and O–H groups in total. The highest BCUT2D eigenvalue weighted by Gasteiger charge is 2.06. The second-order valence-corrected chi connectivity index (χ2v) is 5.84. The molecular weight excluding hydrogens is 296 g/mol. The van der Waals surface area contributed by atoms with Crippen LogP contribution < -0.4 is 5.32 Å². The molecule has 3 nitrogen and oxygen atoms in total. The summed E-state index contributed by atoms with van der Waals surface area (Å²) in [6.07, 6.45) is 3.17. The molecular formula is C18H19ClN2O. The molecule has 1 atom stereocenters. The standard InChI is InChI=1S/C18H19ClN2O/c1-13(10-11-20)12-14-2-8-17(9-3-14)21-18(22)15-4-6-16(19)7-5-15/h2-9,11,13,20H,10,12H2,1H3,(H,21,22). The Kier molecular flexibility index (Phi) is 5.73. The Hall–Kier alpha value is -2.13. The van der Waals surface area contributed by atoms with E-state index in [-0.39, 0.29) is 5.91 Å². The molecule has 0 heterocycles. The predicted molar refractivity (Wildman–Crippen MR) is 92.1 cm³/mol. The number of benzene rings is 2. The molecule has 4 heteroatoms. The Labute approximate surface area is 135 Å². The van der Waals surface area contributed by atoms with Gasteiger partial charge in [0.2, 0.25) is 0 Å². The molecule has 22 heavy (non-hydrogen) atoms. The first kappa shape index (κ1) is 16.2. The smallest absolute Gasteiger partial charge is 0.255 e. The zero-order chi connectivity index (χ0) is 15.9. The third kappa shape index (κ3) is 4.71. The number of amides is 1. The summed E-state index contributed by atoms with van der Waals surface area (Å²) >= 11 is 5.81. The fraction of sp³-hybridized carbons (Fsp3) is 0.222. The SMILES string of the molecule is CC(CC=N)Cc1ccc(NC(=O)c2ccc(Cl)cc2)cc1. The van der Waals surface area contributed by atoms with Gasteiger partial charge < -0.3 is 10.7 Å². The van der Waals surface area contributed by atoms with Gasteiger partial charge >= 0.3 is 0 Å². The number of rotatable bonds is 6. The molecule has 0 aromatic heterocycles. The molecule has 2 aromatic rings. The van der Waals surface area contributed by atoms with Crippen LogP contribution in [0.25, 0.3) is 0 Å². The van der Waals surface area contributed by atoms with Crippen molar-refractivity contribution >= 4 is 29.4 Å².